The molecule has 0 aromatic heterocycles. The van der Waals surface area contributed by atoms with E-state index in [1.807, 2.05) is 20.8 Å². The fourth-order valence-electron chi connectivity index (χ4n) is 1.94. The third kappa shape index (κ3) is 5.09. The van der Waals surface area contributed by atoms with Crippen LogP contribution < -0.4 is 10.6 Å². The van der Waals surface area contributed by atoms with Gasteiger partial charge in [-0.25, -0.2) is 9.59 Å². The Morgan fingerprint density at radius 1 is 1.30 bits per heavy atom. The van der Waals surface area contributed by atoms with E-state index in [1.54, 1.807) is 0 Å². The lowest BCUT2D eigenvalue weighted by Crippen LogP contribution is -2.45. The molecule has 0 unspecified atom stereocenters. The molecule has 0 heterocycles. The van der Waals surface area contributed by atoms with Crippen molar-refractivity contribution in [3.63, 3.8) is 0 Å². The van der Waals surface area contributed by atoms with E-state index in [2.05, 4.69) is 10.6 Å². The van der Waals surface area contributed by atoms with Crippen LogP contribution in [0.2, 0.25) is 5.02 Å². The summed E-state index contributed by atoms with van der Waals surface area (Å²) in [6.45, 7) is 5.89. The first-order valence-electron chi connectivity index (χ1n) is 6.36. The number of benzene rings is 1. The molecule has 0 aliphatic rings. The molecule has 1 rings (SSSR count). The molecule has 2 amide bonds. The number of carbonyl (C=O) groups excluding carboxylic acids is 1. The van der Waals surface area contributed by atoms with Crippen molar-refractivity contribution in [1.29, 1.82) is 0 Å². The number of urea groups is 1. The summed E-state index contributed by atoms with van der Waals surface area (Å²) in [5.41, 5.74) is 0.0489. The van der Waals surface area contributed by atoms with Crippen molar-refractivity contribution in [3.8, 4) is 0 Å². The lowest BCUT2D eigenvalue weighted by Gasteiger charge is -2.25. The summed E-state index contributed by atoms with van der Waals surface area (Å²) in [7, 11) is 0. The quantitative estimate of drug-likeness (QED) is 0.775. The Morgan fingerprint density at radius 3 is 2.50 bits per heavy atom. The highest BCUT2D eigenvalue weighted by atomic mass is 35.5. The maximum atomic E-state index is 11.9. The van der Waals surface area contributed by atoms with E-state index in [9.17, 15) is 9.59 Å². The fraction of sp³-hybridized carbons (Fsp3) is 0.429. The maximum Gasteiger partial charge on any atom is 0.335 e. The number of hydrogen-bond donors (Lipinski definition) is 3. The lowest BCUT2D eigenvalue weighted by molar-refractivity contribution is 0.0697. The molecule has 0 aliphatic heterocycles. The molecule has 0 radical (unpaired) electrons. The van der Waals surface area contributed by atoms with Gasteiger partial charge in [0.1, 0.15) is 0 Å². The van der Waals surface area contributed by atoms with E-state index in [1.165, 1.54) is 18.2 Å². The first-order chi connectivity index (χ1) is 9.23. The molecular weight excluding hydrogens is 280 g/mol. The van der Waals surface area contributed by atoms with Gasteiger partial charge in [0.15, 0.2) is 0 Å². The van der Waals surface area contributed by atoms with Crippen molar-refractivity contribution < 1.29 is 14.7 Å². The molecule has 0 saturated heterocycles. The molecule has 6 heteroatoms. The fourth-order valence-corrected chi connectivity index (χ4v) is 2.18. The normalized spacial score (nSPS) is 11.0. The predicted molar refractivity (Wildman–Crippen MR) is 79.6 cm³/mol. The SMILES string of the molecule is CCCC(C)(C)NC(=O)Nc1cc(Cl)cc(C(=O)O)c1. The van der Waals surface area contributed by atoms with Crippen LogP contribution in [0.5, 0.6) is 0 Å². The third-order valence-corrected chi connectivity index (χ3v) is 2.95. The summed E-state index contributed by atoms with van der Waals surface area (Å²) in [6, 6.07) is 3.80. The monoisotopic (exact) mass is 298 g/mol. The molecule has 0 atom stereocenters. The van der Waals surface area contributed by atoms with Crippen molar-refractivity contribution in [1.82, 2.24) is 5.32 Å². The van der Waals surface area contributed by atoms with Crippen LogP contribution in [0.1, 0.15) is 44.0 Å². The van der Waals surface area contributed by atoms with E-state index in [0.717, 1.165) is 12.8 Å². The Hall–Kier alpha value is -1.75. The molecule has 1 aromatic carbocycles. The van der Waals surface area contributed by atoms with Gasteiger partial charge in [-0.05, 0) is 38.5 Å². The predicted octanol–water partition coefficient (Wildman–Crippen LogP) is 3.74. The number of rotatable bonds is 5. The van der Waals surface area contributed by atoms with E-state index in [4.69, 9.17) is 16.7 Å². The second-order valence-corrected chi connectivity index (χ2v) is 5.68. The smallest absolute Gasteiger partial charge is 0.335 e. The van der Waals surface area contributed by atoms with Crippen molar-refractivity contribution in [2.75, 3.05) is 5.32 Å². The number of carboxylic acid groups (broad SMARTS) is 1. The zero-order chi connectivity index (χ0) is 15.3. The van der Waals surface area contributed by atoms with Gasteiger partial charge >= 0.3 is 12.0 Å². The summed E-state index contributed by atoms with van der Waals surface area (Å²) in [4.78, 5) is 22.8. The van der Waals surface area contributed by atoms with Crippen molar-refractivity contribution >= 4 is 29.3 Å². The lowest BCUT2D eigenvalue weighted by atomic mass is 9.99. The van der Waals surface area contributed by atoms with Crippen LogP contribution in [-0.2, 0) is 0 Å². The first kappa shape index (κ1) is 16.3. The molecule has 110 valence electrons. The minimum absolute atomic E-state index is 0.0284. The Balaban J connectivity index is 2.78. The molecule has 0 spiro atoms. The molecule has 3 N–H and O–H groups in total. The van der Waals surface area contributed by atoms with Crippen molar-refractivity contribution in [3.05, 3.63) is 28.8 Å². The average Bonchev–Trinajstić information content (AvgIpc) is 2.26. The Kier molecular flexibility index (Phi) is 5.39. The molecule has 20 heavy (non-hydrogen) atoms. The Bertz CT molecular complexity index is 515. The Labute approximate surface area is 123 Å². The average molecular weight is 299 g/mol. The minimum Gasteiger partial charge on any atom is -0.478 e. The van der Waals surface area contributed by atoms with E-state index < -0.39 is 5.97 Å². The number of nitrogens with one attached hydrogen (secondary N) is 2. The number of amides is 2. The summed E-state index contributed by atoms with van der Waals surface area (Å²) >= 11 is 5.83. The molecule has 0 aliphatic carbocycles. The highest BCUT2D eigenvalue weighted by Crippen LogP contribution is 2.19. The number of carbonyl (C=O) groups is 2. The van der Waals surface area contributed by atoms with Crippen LogP contribution in [-0.4, -0.2) is 22.6 Å². The largest absolute Gasteiger partial charge is 0.478 e. The molecule has 0 bridgehead atoms. The second-order valence-electron chi connectivity index (χ2n) is 5.25. The van der Waals surface area contributed by atoms with Gasteiger partial charge in [-0.15, -0.1) is 0 Å². The van der Waals surface area contributed by atoms with Crippen molar-refractivity contribution in [2.24, 2.45) is 0 Å². The highest BCUT2D eigenvalue weighted by Gasteiger charge is 2.19. The van der Waals surface area contributed by atoms with Gasteiger partial charge in [-0.1, -0.05) is 24.9 Å². The van der Waals surface area contributed by atoms with Crippen LogP contribution in [0.3, 0.4) is 0 Å². The number of hydrogen-bond acceptors (Lipinski definition) is 2. The second kappa shape index (κ2) is 6.61. The van der Waals surface area contributed by atoms with Crippen LogP contribution in [0.25, 0.3) is 0 Å². The van der Waals surface area contributed by atoms with Crippen LogP contribution in [0, 0.1) is 0 Å². The van der Waals surface area contributed by atoms with Gasteiger partial charge in [0.25, 0.3) is 0 Å². The standard InChI is InChI=1S/C14H19ClN2O3/c1-4-5-14(2,3)17-13(20)16-11-7-9(12(18)19)6-10(15)8-11/h6-8H,4-5H2,1-3H3,(H,18,19)(H2,16,17,20). The summed E-state index contributed by atoms with van der Waals surface area (Å²) in [5.74, 6) is -1.10. The van der Waals surface area contributed by atoms with Crippen molar-refractivity contribution in [2.45, 2.75) is 39.2 Å². The molecule has 0 saturated carbocycles. The van der Waals surface area contributed by atoms with E-state index >= 15 is 0 Å². The summed E-state index contributed by atoms with van der Waals surface area (Å²) < 4.78 is 0. The molecule has 5 nitrogen and oxygen atoms in total. The summed E-state index contributed by atoms with van der Waals surface area (Å²) in [5, 5.41) is 14.6. The number of halogens is 1. The van der Waals surface area contributed by atoms with Gasteiger partial charge in [0, 0.05) is 16.2 Å². The minimum atomic E-state index is -1.10. The number of anilines is 1. The molecule has 1 aromatic rings. The Morgan fingerprint density at radius 2 is 1.95 bits per heavy atom. The van der Waals surface area contributed by atoms with Gasteiger partial charge < -0.3 is 15.7 Å². The van der Waals surface area contributed by atoms with E-state index in [-0.39, 0.29) is 22.2 Å². The van der Waals surface area contributed by atoms with Gasteiger partial charge in [-0.3, -0.25) is 0 Å². The zero-order valence-corrected chi connectivity index (χ0v) is 12.5. The first-order valence-corrected chi connectivity index (χ1v) is 6.74. The van der Waals surface area contributed by atoms with Crippen LogP contribution >= 0.6 is 11.6 Å². The van der Waals surface area contributed by atoms with E-state index in [0.29, 0.717) is 5.69 Å². The third-order valence-electron chi connectivity index (χ3n) is 2.73. The maximum absolute atomic E-state index is 11.9. The topological polar surface area (TPSA) is 78.4 Å². The highest BCUT2D eigenvalue weighted by molar-refractivity contribution is 6.31. The number of aromatic carboxylic acids is 1. The van der Waals surface area contributed by atoms with Crippen LogP contribution in [0.4, 0.5) is 10.5 Å². The van der Waals surface area contributed by atoms with Gasteiger partial charge in [-0.2, -0.15) is 0 Å². The molecule has 0 fully saturated rings. The number of carboxylic acids is 1. The van der Waals surface area contributed by atoms with Gasteiger partial charge in [0.05, 0.1) is 5.56 Å². The van der Waals surface area contributed by atoms with Gasteiger partial charge in [0.2, 0.25) is 0 Å². The summed E-state index contributed by atoms with van der Waals surface area (Å²) in [6.07, 6.45) is 1.80. The zero-order valence-electron chi connectivity index (χ0n) is 11.8. The van der Waals surface area contributed by atoms with Crippen LogP contribution in [0.15, 0.2) is 18.2 Å². The molecular formula is C14H19ClN2O3.